The van der Waals surface area contributed by atoms with Gasteiger partial charge in [0.05, 0.1) is 16.2 Å². The number of aromatic nitrogens is 4. The fraction of sp³-hybridized carbons (Fsp3) is 0.457. The van der Waals surface area contributed by atoms with Crippen LogP contribution in [0.1, 0.15) is 60.5 Å². The van der Waals surface area contributed by atoms with Crippen molar-refractivity contribution >= 4 is 100 Å². The second kappa shape index (κ2) is 28.6. The molecule has 6 atom stereocenters. The molecular weight excluding hydrogens is 925 g/mol. The van der Waals surface area contributed by atoms with E-state index in [1.807, 2.05) is 10.8 Å². The first-order chi connectivity index (χ1) is 30.3. The molecule has 0 aromatic carbocycles. The van der Waals surface area contributed by atoms with E-state index in [0.717, 1.165) is 29.9 Å². The number of carbonyl (C=O) groups is 9. The Labute approximate surface area is 380 Å². The molecule has 29 heteroatoms. The lowest BCUT2D eigenvalue weighted by Gasteiger charge is -2.23. The smallest absolute Gasteiger partial charge is 0.322 e. The standard InChI is InChI=1S/C35H42N12O13S4/c36-14-63-27-5-6-40-31(47-27)24(62-13-22(33(56)42-11-30(53)54)46-26(50)4-2-19(39)35(59)60)8-17(48)7-23(20-9-28(64-15-37)44-16-43-20)61-12-21(32(55)41-10-29(51)52)45-25(49)3-1-18(38)34(57)58/h5-6,9,16,18-19,21-24H,1-4,7-8,10-13,38-39H2,(H,41,55)(H,42,56)(H,45,49)(H,46,50)(H,51,52)(H,53,54)(H,57,58)(H,59,60)/t18-,19+,21-,22-,23?,24?/m0/s1. The molecule has 0 bridgehead atoms. The lowest BCUT2D eigenvalue weighted by Crippen LogP contribution is -2.49. The van der Waals surface area contributed by atoms with Gasteiger partial charge in [-0.25, -0.2) is 19.9 Å². The number of hydrogen-bond acceptors (Lipinski definition) is 21. The molecule has 25 nitrogen and oxygen atoms in total. The molecule has 0 saturated carbocycles. The Kier molecular flexibility index (Phi) is 24.1. The summed E-state index contributed by atoms with van der Waals surface area (Å²) in [6, 6.07) is -2.81. The number of nitrogens with zero attached hydrogens (tertiary/aromatic N) is 6. The maximum atomic E-state index is 14.1. The van der Waals surface area contributed by atoms with Crippen LogP contribution >= 0.6 is 47.0 Å². The fourth-order valence-electron chi connectivity index (χ4n) is 4.93. The van der Waals surface area contributed by atoms with E-state index in [1.54, 1.807) is 0 Å². The Morgan fingerprint density at radius 3 is 1.66 bits per heavy atom. The number of aliphatic carboxylic acids is 4. The van der Waals surface area contributed by atoms with Crippen molar-refractivity contribution < 1.29 is 63.6 Å². The molecule has 0 fully saturated rings. The Hall–Kier alpha value is -6.11. The van der Waals surface area contributed by atoms with Crippen molar-refractivity contribution in [2.75, 3.05) is 24.6 Å². The van der Waals surface area contributed by atoms with Crippen molar-refractivity contribution in [1.82, 2.24) is 41.2 Å². The number of thioether (sulfide) groups is 4. The highest BCUT2D eigenvalue weighted by Gasteiger charge is 2.30. The fourth-order valence-corrected chi connectivity index (χ4v) is 8.16. The molecular formula is C35H42N12O13S4. The van der Waals surface area contributed by atoms with Gasteiger partial charge in [-0.05, 0) is 25.0 Å². The monoisotopic (exact) mass is 966 g/mol. The number of carboxylic acids is 4. The quantitative estimate of drug-likeness (QED) is 0.0249. The number of amides is 4. The van der Waals surface area contributed by atoms with Gasteiger partial charge in [-0.2, -0.15) is 10.5 Å². The van der Waals surface area contributed by atoms with Crippen LogP contribution in [-0.2, 0) is 43.2 Å². The number of nitrogens with one attached hydrogen (secondary N) is 4. The number of ketones is 1. The molecule has 0 saturated heterocycles. The summed E-state index contributed by atoms with van der Waals surface area (Å²) in [6.07, 6.45) is 0.272. The third-order valence-electron chi connectivity index (χ3n) is 8.11. The van der Waals surface area contributed by atoms with Gasteiger partial charge in [0, 0.05) is 66.9 Å². The van der Waals surface area contributed by atoms with Crippen LogP contribution < -0.4 is 32.7 Å². The molecule has 0 aliphatic heterocycles. The molecule has 2 rings (SSSR count). The summed E-state index contributed by atoms with van der Waals surface area (Å²) in [5, 5.41) is 66.3. The number of hydrogen-bond donors (Lipinski definition) is 10. The molecule has 12 N–H and O–H groups in total. The topological polar surface area (TPSA) is 434 Å². The largest absolute Gasteiger partial charge is 0.480 e. The lowest BCUT2D eigenvalue weighted by atomic mass is 10.1. The van der Waals surface area contributed by atoms with Crippen LogP contribution in [0.5, 0.6) is 0 Å². The Balaban J connectivity index is 2.49. The van der Waals surface area contributed by atoms with E-state index in [0.29, 0.717) is 23.5 Å². The minimum absolute atomic E-state index is 0.0153. The third-order valence-corrected chi connectivity index (χ3v) is 11.8. The zero-order chi connectivity index (χ0) is 47.8. The van der Waals surface area contributed by atoms with Crippen molar-refractivity contribution in [2.24, 2.45) is 11.5 Å². The molecule has 64 heavy (non-hydrogen) atoms. The SMILES string of the molecule is N#CSc1cc(C(CC(=O)CC(SC[C@H](NC(=O)CC[C@@H](N)C(=O)O)C(=O)NCC(=O)O)c2nccc(SC#N)n2)SC[C@H](NC(=O)CC[C@H](N)C(=O)O)C(=O)NCC(=O)O)ncn1. The van der Waals surface area contributed by atoms with Crippen molar-refractivity contribution in [1.29, 1.82) is 10.5 Å². The normalized spacial score (nSPS) is 13.5. The highest BCUT2D eigenvalue weighted by atomic mass is 32.2. The number of thiocyanates is 2. The van der Waals surface area contributed by atoms with E-state index in [9.17, 15) is 53.7 Å². The third kappa shape index (κ3) is 20.8. The van der Waals surface area contributed by atoms with Crippen LogP contribution in [0, 0.1) is 21.3 Å². The Morgan fingerprint density at radius 1 is 0.688 bits per heavy atom. The van der Waals surface area contributed by atoms with Gasteiger partial charge in [0.15, 0.2) is 0 Å². The van der Waals surface area contributed by atoms with Crippen LogP contribution in [0.25, 0.3) is 0 Å². The van der Waals surface area contributed by atoms with E-state index in [2.05, 4.69) is 41.2 Å². The summed E-state index contributed by atoms with van der Waals surface area (Å²) >= 11 is 3.20. The van der Waals surface area contributed by atoms with E-state index in [-0.39, 0.29) is 58.8 Å². The minimum Gasteiger partial charge on any atom is -0.480 e. The zero-order valence-electron chi connectivity index (χ0n) is 33.3. The second-order valence-electron chi connectivity index (χ2n) is 12.9. The average Bonchev–Trinajstić information content (AvgIpc) is 3.24. The lowest BCUT2D eigenvalue weighted by molar-refractivity contribution is -0.140. The van der Waals surface area contributed by atoms with Crippen LogP contribution in [0.4, 0.5) is 0 Å². The Morgan fingerprint density at radius 2 is 1.17 bits per heavy atom. The van der Waals surface area contributed by atoms with E-state index in [4.69, 9.17) is 31.9 Å². The van der Waals surface area contributed by atoms with Gasteiger partial charge in [-0.15, -0.1) is 23.5 Å². The molecule has 2 unspecified atom stereocenters. The number of Topliss-reactive ketones (excluding diaryl/α,β-unsaturated/α-hetero) is 1. The van der Waals surface area contributed by atoms with Crippen molar-refractivity contribution in [2.45, 2.75) is 83.2 Å². The van der Waals surface area contributed by atoms with Crippen LogP contribution in [-0.4, -0.2) is 142 Å². The molecule has 2 aromatic heterocycles. The molecule has 2 heterocycles. The summed E-state index contributed by atoms with van der Waals surface area (Å²) < 4.78 is 0. The first-order valence-electron chi connectivity index (χ1n) is 18.4. The van der Waals surface area contributed by atoms with Gasteiger partial charge in [-0.3, -0.25) is 43.2 Å². The van der Waals surface area contributed by atoms with Gasteiger partial charge >= 0.3 is 23.9 Å². The van der Waals surface area contributed by atoms with E-state index >= 15 is 0 Å². The molecule has 0 aliphatic carbocycles. The van der Waals surface area contributed by atoms with Crippen molar-refractivity contribution in [3.05, 3.63) is 36.2 Å². The number of nitriles is 2. The first kappa shape index (κ1) is 54.0. The average molecular weight is 967 g/mol. The first-order valence-corrected chi connectivity index (χ1v) is 22.1. The predicted molar refractivity (Wildman–Crippen MR) is 226 cm³/mol. The van der Waals surface area contributed by atoms with Gasteiger partial charge < -0.3 is 53.2 Å². The summed E-state index contributed by atoms with van der Waals surface area (Å²) in [7, 11) is 0. The maximum absolute atomic E-state index is 14.1. The van der Waals surface area contributed by atoms with Gasteiger partial charge in [0.25, 0.3) is 0 Å². The molecule has 4 amide bonds. The van der Waals surface area contributed by atoms with Crippen LogP contribution in [0.15, 0.2) is 34.7 Å². The van der Waals surface area contributed by atoms with Gasteiger partial charge in [0.1, 0.15) is 76.0 Å². The minimum atomic E-state index is -1.44. The molecule has 0 radical (unpaired) electrons. The Bertz CT molecular complexity index is 1970. The second-order valence-corrected chi connectivity index (χ2v) is 17.0. The van der Waals surface area contributed by atoms with Crippen LogP contribution in [0.3, 0.4) is 0 Å². The number of carboxylic acid groups (broad SMARTS) is 4. The van der Waals surface area contributed by atoms with Gasteiger partial charge in [-0.1, -0.05) is 0 Å². The van der Waals surface area contributed by atoms with E-state index in [1.165, 1.54) is 18.3 Å². The zero-order valence-corrected chi connectivity index (χ0v) is 36.5. The molecule has 344 valence electrons. The maximum Gasteiger partial charge on any atom is 0.322 e. The predicted octanol–water partition coefficient (Wildman–Crippen LogP) is -1.23. The highest BCUT2D eigenvalue weighted by Crippen LogP contribution is 2.37. The van der Waals surface area contributed by atoms with Gasteiger partial charge in [0.2, 0.25) is 23.6 Å². The summed E-state index contributed by atoms with van der Waals surface area (Å²) in [5.41, 5.74) is 11.2. The number of rotatable bonds is 30. The van der Waals surface area contributed by atoms with Crippen molar-refractivity contribution in [3.63, 3.8) is 0 Å². The summed E-state index contributed by atoms with van der Waals surface area (Å²) in [5.74, 6) is -10.1. The highest BCUT2D eigenvalue weighted by molar-refractivity contribution is 8.04. The number of nitrogens with two attached hydrogens (primary N) is 2. The van der Waals surface area contributed by atoms with E-state index < -0.39 is 114 Å². The molecule has 2 aromatic rings. The molecule has 0 spiro atoms. The van der Waals surface area contributed by atoms with Crippen molar-refractivity contribution in [3.8, 4) is 10.8 Å². The van der Waals surface area contributed by atoms with Crippen LogP contribution in [0.2, 0.25) is 0 Å². The summed E-state index contributed by atoms with van der Waals surface area (Å²) in [6.45, 7) is -1.64. The summed E-state index contributed by atoms with van der Waals surface area (Å²) in [4.78, 5) is 128. The number of carbonyl (C=O) groups excluding carboxylic acids is 5. The molecule has 0 aliphatic rings.